The minimum atomic E-state index is -3.53. The van der Waals surface area contributed by atoms with Gasteiger partial charge in [-0.3, -0.25) is 4.79 Å². The minimum absolute atomic E-state index is 0.186. The van der Waals surface area contributed by atoms with Crippen LogP contribution in [0.4, 0.5) is 0 Å². The molecule has 29 heavy (non-hydrogen) atoms. The van der Waals surface area contributed by atoms with Crippen molar-refractivity contribution in [1.82, 2.24) is 19.1 Å². The standard InChI is InChI=1S/C21H22N4O3S/c1-3-24(4-2)29(27,28)20-12-8-18(9-13-20)21(26)14-7-17-5-10-19(11-6-17)25-16-22-15-23-25/h5-16H,3-4H2,1-2H3/b14-7+. The number of benzene rings is 2. The number of ketones is 1. The highest BCUT2D eigenvalue weighted by molar-refractivity contribution is 7.89. The summed E-state index contributed by atoms with van der Waals surface area (Å²) in [6, 6.07) is 13.5. The maximum Gasteiger partial charge on any atom is 0.243 e. The van der Waals surface area contributed by atoms with Gasteiger partial charge >= 0.3 is 0 Å². The van der Waals surface area contributed by atoms with Crippen LogP contribution in [0.15, 0.2) is 72.2 Å². The molecule has 0 spiro atoms. The van der Waals surface area contributed by atoms with Crippen molar-refractivity contribution in [2.75, 3.05) is 13.1 Å². The summed E-state index contributed by atoms with van der Waals surface area (Å²) in [5.74, 6) is -0.197. The van der Waals surface area contributed by atoms with E-state index in [0.29, 0.717) is 18.7 Å². The van der Waals surface area contributed by atoms with Crippen molar-refractivity contribution in [2.45, 2.75) is 18.7 Å². The number of aromatic nitrogens is 3. The molecule has 0 unspecified atom stereocenters. The van der Waals surface area contributed by atoms with Crippen molar-refractivity contribution < 1.29 is 13.2 Å². The van der Waals surface area contributed by atoms with Gasteiger partial charge in [0.25, 0.3) is 0 Å². The summed E-state index contributed by atoms with van der Waals surface area (Å²) < 4.78 is 28.1. The molecule has 0 aliphatic heterocycles. The molecule has 0 radical (unpaired) electrons. The van der Waals surface area contributed by atoms with Gasteiger partial charge in [-0.25, -0.2) is 18.1 Å². The molecule has 1 heterocycles. The second-order valence-electron chi connectivity index (χ2n) is 6.24. The minimum Gasteiger partial charge on any atom is -0.289 e. The van der Waals surface area contributed by atoms with E-state index in [1.807, 2.05) is 24.3 Å². The Kier molecular flexibility index (Phi) is 6.36. The second kappa shape index (κ2) is 8.93. The van der Waals surface area contributed by atoms with E-state index in [0.717, 1.165) is 11.3 Å². The fraction of sp³-hybridized carbons (Fsp3) is 0.190. The van der Waals surface area contributed by atoms with Crippen molar-refractivity contribution in [3.05, 3.63) is 78.4 Å². The summed E-state index contributed by atoms with van der Waals surface area (Å²) in [5.41, 5.74) is 2.16. The van der Waals surface area contributed by atoms with Crippen LogP contribution < -0.4 is 0 Å². The Bertz CT molecular complexity index is 1080. The largest absolute Gasteiger partial charge is 0.289 e. The molecule has 0 N–H and O–H groups in total. The molecule has 1 aromatic heterocycles. The molecule has 0 saturated carbocycles. The van der Waals surface area contributed by atoms with E-state index in [9.17, 15) is 13.2 Å². The molecule has 7 nitrogen and oxygen atoms in total. The highest BCUT2D eigenvalue weighted by atomic mass is 32.2. The fourth-order valence-electron chi connectivity index (χ4n) is 2.85. The lowest BCUT2D eigenvalue weighted by Crippen LogP contribution is -2.30. The van der Waals surface area contributed by atoms with Gasteiger partial charge in [0.15, 0.2) is 5.78 Å². The molecule has 0 saturated heterocycles. The number of rotatable bonds is 8. The lowest BCUT2D eigenvalue weighted by molar-refractivity contribution is 0.104. The van der Waals surface area contributed by atoms with Crippen LogP contribution in [0.5, 0.6) is 0 Å². The Morgan fingerprint density at radius 3 is 2.24 bits per heavy atom. The Morgan fingerprint density at radius 2 is 1.69 bits per heavy atom. The van der Waals surface area contributed by atoms with Gasteiger partial charge in [0.1, 0.15) is 12.7 Å². The van der Waals surface area contributed by atoms with Gasteiger partial charge in [0.05, 0.1) is 10.6 Å². The first-order chi connectivity index (χ1) is 14.0. The van der Waals surface area contributed by atoms with E-state index < -0.39 is 10.0 Å². The Labute approximate surface area is 170 Å². The molecule has 0 bridgehead atoms. The maximum absolute atomic E-state index is 12.5. The Hall–Kier alpha value is -3.10. The first-order valence-electron chi connectivity index (χ1n) is 9.23. The Morgan fingerprint density at radius 1 is 1.03 bits per heavy atom. The molecule has 2 aromatic carbocycles. The molecule has 0 aliphatic rings. The first-order valence-corrected chi connectivity index (χ1v) is 10.7. The van der Waals surface area contributed by atoms with E-state index in [-0.39, 0.29) is 10.7 Å². The molecule has 0 aliphatic carbocycles. The van der Waals surface area contributed by atoms with Gasteiger partial charge in [-0.1, -0.05) is 32.1 Å². The van der Waals surface area contributed by atoms with Crippen molar-refractivity contribution in [3.63, 3.8) is 0 Å². The number of carbonyl (C=O) groups is 1. The number of hydrogen-bond acceptors (Lipinski definition) is 5. The third-order valence-electron chi connectivity index (χ3n) is 4.49. The van der Waals surface area contributed by atoms with Crippen LogP contribution in [0.3, 0.4) is 0 Å². The van der Waals surface area contributed by atoms with Gasteiger partial charge in [0, 0.05) is 18.7 Å². The first kappa shape index (κ1) is 20.6. The van der Waals surface area contributed by atoms with Gasteiger partial charge in [-0.05, 0) is 48.0 Å². The number of allylic oxidation sites excluding steroid dienone is 1. The smallest absolute Gasteiger partial charge is 0.243 e. The topological polar surface area (TPSA) is 85.2 Å². The SMILES string of the molecule is CCN(CC)S(=O)(=O)c1ccc(C(=O)/C=C/c2ccc(-n3cncn3)cc2)cc1. The van der Waals surface area contributed by atoms with Crippen LogP contribution in [0, 0.1) is 0 Å². The second-order valence-corrected chi connectivity index (χ2v) is 8.18. The molecule has 8 heteroatoms. The van der Waals surface area contributed by atoms with E-state index in [2.05, 4.69) is 10.1 Å². The molecule has 3 rings (SSSR count). The van der Waals surface area contributed by atoms with Crippen LogP contribution in [0.1, 0.15) is 29.8 Å². The van der Waals surface area contributed by atoms with Crippen molar-refractivity contribution in [2.24, 2.45) is 0 Å². The summed E-state index contributed by atoms with van der Waals surface area (Å²) in [4.78, 5) is 16.5. The van der Waals surface area contributed by atoms with E-state index in [4.69, 9.17) is 0 Å². The number of hydrogen-bond donors (Lipinski definition) is 0. The van der Waals surface area contributed by atoms with Crippen molar-refractivity contribution >= 4 is 21.9 Å². The summed E-state index contributed by atoms with van der Waals surface area (Å²) in [5, 5.41) is 4.06. The van der Waals surface area contributed by atoms with Crippen LogP contribution >= 0.6 is 0 Å². The monoisotopic (exact) mass is 410 g/mol. The molecular formula is C21H22N4O3S. The Balaban J connectivity index is 1.71. The molecule has 0 atom stereocenters. The molecule has 150 valence electrons. The third kappa shape index (κ3) is 4.67. The number of sulfonamides is 1. The molecular weight excluding hydrogens is 388 g/mol. The predicted octanol–water partition coefficient (Wildman–Crippen LogP) is 3.19. The highest BCUT2D eigenvalue weighted by Crippen LogP contribution is 2.17. The van der Waals surface area contributed by atoms with Crippen molar-refractivity contribution in [1.29, 1.82) is 0 Å². The van der Waals surface area contributed by atoms with E-state index in [1.54, 1.807) is 30.9 Å². The van der Waals surface area contributed by atoms with Crippen LogP contribution in [-0.4, -0.2) is 46.4 Å². The van der Waals surface area contributed by atoms with Gasteiger partial charge in [-0.15, -0.1) is 0 Å². The van der Waals surface area contributed by atoms with Crippen LogP contribution in [-0.2, 0) is 10.0 Å². The zero-order valence-electron chi connectivity index (χ0n) is 16.3. The maximum atomic E-state index is 12.5. The summed E-state index contributed by atoms with van der Waals surface area (Å²) in [7, 11) is -3.53. The fourth-order valence-corrected chi connectivity index (χ4v) is 4.31. The third-order valence-corrected chi connectivity index (χ3v) is 6.55. The lowest BCUT2D eigenvalue weighted by Gasteiger charge is -2.18. The molecule has 0 amide bonds. The average Bonchev–Trinajstić information content (AvgIpc) is 3.28. The highest BCUT2D eigenvalue weighted by Gasteiger charge is 2.21. The zero-order valence-corrected chi connectivity index (χ0v) is 17.1. The van der Waals surface area contributed by atoms with Crippen molar-refractivity contribution in [3.8, 4) is 5.69 Å². The zero-order chi connectivity index (χ0) is 20.9. The molecule has 0 fully saturated rings. The molecule has 3 aromatic rings. The summed E-state index contributed by atoms with van der Waals surface area (Å²) >= 11 is 0. The van der Waals surface area contributed by atoms with Crippen LogP contribution in [0.2, 0.25) is 0 Å². The summed E-state index contributed by atoms with van der Waals surface area (Å²) in [6.45, 7) is 4.39. The van der Waals surface area contributed by atoms with Gasteiger partial charge in [0.2, 0.25) is 10.0 Å². The summed E-state index contributed by atoms with van der Waals surface area (Å²) in [6.07, 6.45) is 6.26. The van der Waals surface area contributed by atoms with E-state index in [1.165, 1.54) is 41.0 Å². The van der Waals surface area contributed by atoms with E-state index >= 15 is 0 Å². The number of nitrogens with zero attached hydrogens (tertiary/aromatic N) is 4. The van der Waals surface area contributed by atoms with Crippen LogP contribution in [0.25, 0.3) is 11.8 Å². The quantitative estimate of drug-likeness (QED) is 0.421. The lowest BCUT2D eigenvalue weighted by atomic mass is 10.1. The number of carbonyl (C=O) groups excluding carboxylic acids is 1. The predicted molar refractivity (Wildman–Crippen MR) is 111 cm³/mol. The average molecular weight is 410 g/mol. The normalized spacial score (nSPS) is 12.0. The van der Waals surface area contributed by atoms with Gasteiger partial charge < -0.3 is 0 Å². The van der Waals surface area contributed by atoms with Gasteiger partial charge in [-0.2, -0.15) is 9.40 Å².